The van der Waals surface area contributed by atoms with E-state index in [4.69, 9.17) is 9.15 Å². The van der Waals surface area contributed by atoms with Gasteiger partial charge in [-0.1, -0.05) is 24.3 Å². The van der Waals surface area contributed by atoms with Gasteiger partial charge >= 0.3 is 0 Å². The van der Waals surface area contributed by atoms with Crippen molar-refractivity contribution in [1.29, 1.82) is 0 Å². The Morgan fingerprint density at radius 3 is 2.90 bits per heavy atom. The van der Waals surface area contributed by atoms with E-state index in [2.05, 4.69) is 24.9 Å². The van der Waals surface area contributed by atoms with Crippen LogP contribution in [0.2, 0.25) is 0 Å². The summed E-state index contributed by atoms with van der Waals surface area (Å²) in [6.07, 6.45) is 4.40. The van der Waals surface area contributed by atoms with Gasteiger partial charge in [0.2, 0.25) is 0 Å². The van der Waals surface area contributed by atoms with Crippen molar-refractivity contribution in [3.8, 4) is 5.75 Å². The summed E-state index contributed by atoms with van der Waals surface area (Å²) in [4.78, 5) is 0. The average molecular weight is 271 g/mol. The molecule has 1 heterocycles. The van der Waals surface area contributed by atoms with Crippen LogP contribution in [0.5, 0.6) is 5.75 Å². The number of hydrogen-bond donors (Lipinski definition) is 1. The van der Waals surface area contributed by atoms with Crippen molar-refractivity contribution in [2.75, 3.05) is 13.2 Å². The molecule has 0 amide bonds. The largest absolute Gasteiger partial charge is 0.492 e. The number of benzene rings is 1. The summed E-state index contributed by atoms with van der Waals surface area (Å²) in [5.74, 6) is 1.87. The highest BCUT2D eigenvalue weighted by Gasteiger charge is 2.07. The van der Waals surface area contributed by atoms with Gasteiger partial charge in [-0.15, -0.1) is 6.58 Å². The molecule has 1 aromatic heterocycles. The summed E-state index contributed by atoms with van der Waals surface area (Å²) >= 11 is 0. The summed E-state index contributed by atoms with van der Waals surface area (Å²) < 4.78 is 11.2. The molecule has 2 aromatic rings. The molecule has 0 fully saturated rings. The Morgan fingerprint density at radius 1 is 1.30 bits per heavy atom. The molecule has 1 unspecified atom stereocenters. The van der Waals surface area contributed by atoms with Gasteiger partial charge in [0.25, 0.3) is 0 Å². The van der Waals surface area contributed by atoms with Crippen LogP contribution in [-0.2, 0) is 6.42 Å². The molecule has 2 rings (SSSR count). The average Bonchev–Trinajstić information content (AvgIpc) is 2.99. The topological polar surface area (TPSA) is 34.4 Å². The van der Waals surface area contributed by atoms with Crippen LogP contribution in [0.1, 0.15) is 24.3 Å². The van der Waals surface area contributed by atoms with Crippen molar-refractivity contribution in [2.45, 2.75) is 19.4 Å². The summed E-state index contributed by atoms with van der Waals surface area (Å²) in [5, 5.41) is 3.37. The molecule has 0 aliphatic rings. The van der Waals surface area contributed by atoms with Gasteiger partial charge in [0, 0.05) is 6.54 Å². The van der Waals surface area contributed by atoms with Crippen molar-refractivity contribution in [3.05, 3.63) is 66.6 Å². The van der Waals surface area contributed by atoms with E-state index in [-0.39, 0.29) is 6.04 Å². The van der Waals surface area contributed by atoms with Crippen molar-refractivity contribution >= 4 is 0 Å². The molecular formula is C17H21NO2. The fourth-order valence-corrected chi connectivity index (χ4v) is 2.04. The lowest BCUT2D eigenvalue weighted by atomic mass is 10.1. The third kappa shape index (κ3) is 4.00. The van der Waals surface area contributed by atoms with Crippen LogP contribution in [-0.4, -0.2) is 13.2 Å². The van der Waals surface area contributed by atoms with Crippen molar-refractivity contribution < 1.29 is 9.15 Å². The molecular weight excluding hydrogens is 250 g/mol. The zero-order valence-electron chi connectivity index (χ0n) is 11.8. The summed E-state index contributed by atoms with van der Waals surface area (Å²) in [7, 11) is 0. The lowest BCUT2D eigenvalue weighted by Gasteiger charge is -2.13. The molecule has 20 heavy (non-hydrogen) atoms. The van der Waals surface area contributed by atoms with E-state index in [0.29, 0.717) is 6.61 Å². The van der Waals surface area contributed by atoms with E-state index in [0.717, 1.165) is 24.5 Å². The molecule has 3 heteroatoms. The second kappa shape index (κ2) is 7.56. The van der Waals surface area contributed by atoms with E-state index in [1.807, 2.05) is 36.4 Å². The van der Waals surface area contributed by atoms with E-state index < -0.39 is 0 Å². The first kappa shape index (κ1) is 14.4. The van der Waals surface area contributed by atoms with Gasteiger partial charge in [0.05, 0.1) is 12.3 Å². The second-order valence-electron chi connectivity index (χ2n) is 4.64. The Labute approximate surface area is 120 Å². The third-order valence-corrected chi connectivity index (χ3v) is 3.12. The van der Waals surface area contributed by atoms with Gasteiger partial charge in [-0.25, -0.2) is 0 Å². The molecule has 0 bridgehead atoms. The summed E-state index contributed by atoms with van der Waals surface area (Å²) in [6.45, 7) is 7.23. The predicted octanol–water partition coefficient (Wildman–Crippen LogP) is 3.74. The number of ether oxygens (including phenoxy) is 1. The Hall–Kier alpha value is -2.00. The van der Waals surface area contributed by atoms with E-state index in [9.17, 15) is 0 Å². The minimum atomic E-state index is 0.192. The maximum absolute atomic E-state index is 5.82. The fraction of sp³-hybridized carbons (Fsp3) is 0.294. The fourth-order valence-electron chi connectivity index (χ4n) is 2.04. The Balaban J connectivity index is 1.77. The SMILES string of the molecule is C=CCc1ccccc1OCCNC(C)c1ccco1. The van der Waals surface area contributed by atoms with Gasteiger partial charge in [-0.3, -0.25) is 0 Å². The monoisotopic (exact) mass is 271 g/mol. The Bertz CT molecular complexity index is 520. The summed E-state index contributed by atoms with van der Waals surface area (Å²) in [6, 6.07) is 12.1. The molecule has 0 radical (unpaired) electrons. The van der Waals surface area contributed by atoms with Gasteiger partial charge < -0.3 is 14.5 Å². The van der Waals surface area contributed by atoms with Crippen molar-refractivity contribution in [1.82, 2.24) is 5.32 Å². The Morgan fingerprint density at radius 2 is 2.15 bits per heavy atom. The van der Waals surface area contributed by atoms with Crippen molar-refractivity contribution in [3.63, 3.8) is 0 Å². The first-order valence-corrected chi connectivity index (χ1v) is 6.89. The minimum Gasteiger partial charge on any atom is -0.492 e. The number of hydrogen-bond acceptors (Lipinski definition) is 3. The molecule has 0 spiro atoms. The number of allylic oxidation sites excluding steroid dienone is 1. The molecule has 0 saturated heterocycles. The highest BCUT2D eigenvalue weighted by atomic mass is 16.5. The molecule has 0 saturated carbocycles. The molecule has 106 valence electrons. The lowest BCUT2D eigenvalue weighted by Crippen LogP contribution is -2.24. The highest BCUT2D eigenvalue weighted by Crippen LogP contribution is 2.18. The normalized spacial score (nSPS) is 12.1. The van der Waals surface area contributed by atoms with Crippen LogP contribution in [0, 0.1) is 0 Å². The van der Waals surface area contributed by atoms with Crippen LogP contribution in [0.3, 0.4) is 0 Å². The first-order valence-electron chi connectivity index (χ1n) is 6.89. The number of nitrogens with one attached hydrogen (secondary N) is 1. The van der Waals surface area contributed by atoms with Crippen molar-refractivity contribution in [2.24, 2.45) is 0 Å². The van der Waals surface area contributed by atoms with Gasteiger partial charge in [-0.2, -0.15) is 0 Å². The molecule has 3 nitrogen and oxygen atoms in total. The van der Waals surface area contributed by atoms with Crippen LogP contribution in [0.15, 0.2) is 59.7 Å². The molecule has 1 atom stereocenters. The summed E-state index contributed by atoms with van der Waals surface area (Å²) in [5.41, 5.74) is 1.17. The predicted molar refractivity (Wildman–Crippen MR) is 81.0 cm³/mol. The number of para-hydroxylation sites is 1. The smallest absolute Gasteiger partial charge is 0.122 e. The molecule has 0 aliphatic carbocycles. The maximum Gasteiger partial charge on any atom is 0.122 e. The standard InChI is InChI=1S/C17H21NO2/c1-3-7-15-8-4-5-9-17(15)20-13-11-18-14(2)16-10-6-12-19-16/h3-6,8-10,12,14,18H,1,7,11,13H2,2H3. The second-order valence-corrected chi connectivity index (χ2v) is 4.64. The first-order chi connectivity index (χ1) is 9.81. The minimum absolute atomic E-state index is 0.192. The van der Waals surface area contributed by atoms with Crippen LogP contribution < -0.4 is 10.1 Å². The van der Waals surface area contributed by atoms with Crippen LogP contribution in [0.25, 0.3) is 0 Å². The van der Waals surface area contributed by atoms with Gasteiger partial charge in [0.15, 0.2) is 0 Å². The zero-order valence-corrected chi connectivity index (χ0v) is 11.8. The van der Waals surface area contributed by atoms with Gasteiger partial charge in [-0.05, 0) is 37.1 Å². The van der Waals surface area contributed by atoms with E-state index in [1.165, 1.54) is 5.56 Å². The Kier molecular flexibility index (Phi) is 5.44. The third-order valence-electron chi connectivity index (χ3n) is 3.12. The van der Waals surface area contributed by atoms with Crippen LogP contribution >= 0.6 is 0 Å². The number of rotatable bonds is 8. The van der Waals surface area contributed by atoms with Gasteiger partial charge in [0.1, 0.15) is 18.1 Å². The van der Waals surface area contributed by atoms with Crippen LogP contribution in [0.4, 0.5) is 0 Å². The maximum atomic E-state index is 5.82. The highest BCUT2D eigenvalue weighted by molar-refractivity contribution is 5.34. The quantitative estimate of drug-likeness (QED) is 0.586. The molecule has 1 N–H and O–H groups in total. The lowest BCUT2D eigenvalue weighted by molar-refractivity contribution is 0.299. The zero-order chi connectivity index (χ0) is 14.2. The molecule has 0 aliphatic heterocycles. The van der Waals surface area contributed by atoms with E-state index in [1.54, 1.807) is 6.26 Å². The van der Waals surface area contributed by atoms with E-state index >= 15 is 0 Å². The number of furan rings is 1. The molecule has 1 aromatic carbocycles.